The zero-order valence-electron chi connectivity index (χ0n) is 8.01. The maximum absolute atomic E-state index is 10.3. The second-order valence-corrected chi connectivity index (χ2v) is 4.10. The topological polar surface area (TPSA) is 37.3 Å². The van der Waals surface area contributed by atoms with E-state index < -0.39 is 5.97 Å². The van der Waals surface area contributed by atoms with Crippen molar-refractivity contribution in [2.45, 2.75) is 6.42 Å². The molecule has 0 aliphatic carbocycles. The molecule has 0 atom stereocenters. The molecule has 15 heavy (non-hydrogen) atoms. The third-order valence-corrected chi connectivity index (χ3v) is 3.08. The molecule has 0 bridgehead atoms. The Morgan fingerprint density at radius 1 is 1.40 bits per heavy atom. The third-order valence-electron chi connectivity index (χ3n) is 2.10. The highest BCUT2D eigenvalue weighted by Gasteiger charge is 1.99. The van der Waals surface area contributed by atoms with Gasteiger partial charge < -0.3 is 5.11 Å². The van der Waals surface area contributed by atoms with Crippen LogP contribution in [0.2, 0.25) is 0 Å². The molecule has 0 unspecified atom stereocenters. The lowest BCUT2D eigenvalue weighted by molar-refractivity contribution is -0.135. The largest absolute Gasteiger partial charge is 0.481 e. The number of carboxylic acid groups (broad SMARTS) is 1. The maximum Gasteiger partial charge on any atom is 0.307 e. The van der Waals surface area contributed by atoms with Gasteiger partial charge in [-0.25, -0.2) is 0 Å². The van der Waals surface area contributed by atoms with Crippen LogP contribution in [0.4, 0.5) is 0 Å². The van der Waals surface area contributed by atoms with Crippen LogP contribution in [0.15, 0.2) is 35.7 Å². The highest BCUT2D eigenvalue weighted by molar-refractivity contribution is 7.17. The molecule has 0 saturated carbocycles. The monoisotopic (exact) mass is 218 g/mol. The van der Waals surface area contributed by atoms with Crippen molar-refractivity contribution < 1.29 is 9.90 Å². The van der Waals surface area contributed by atoms with Gasteiger partial charge in [-0.15, -0.1) is 11.3 Å². The molecular formula is C12H10O2S. The smallest absolute Gasteiger partial charge is 0.307 e. The Morgan fingerprint density at radius 2 is 2.20 bits per heavy atom. The Morgan fingerprint density at radius 3 is 3.00 bits per heavy atom. The first-order chi connectivity index (χ1) is 7.27. The zero-order valence-corrected chi connectivity index (χ0v) is 8.83. The molecule has 1 N–H and O–H groups in total. The highest BCUT2D eigenvalue weighted by atomic mass is 32.1. The zero-order chi connectivity index (χ0) is 10.7. The van der Waals surface area contributed by atoms with Crippen LogP contribution >= 0.6 is 11.3 Å². The average Bonchev–Trinajstić information content (AvgIpc) is 2.62. The van der Waals surface area contributed by atoms with Crippen molar-refractivity contribution in [3.05, 3.63) is 41.3 Å². The normalized spacial score (nSPS) is 11.2. The molecule has 0 amide bonds. The second kappa shape index (κ2) is 4.28. The first-order valence-electron chi connectivity index (χ1n) is 4.62. The standard InChI is InChI=1S/C12H10O2S/c13-12(14)7-3-4-9-8-15-11-6-2-1-5-10(9)11/h1-6,8H,7H2,(H,13,14)/b4-3+. The molecule has 1 aromatic heterocycles. The molecular weight excluding hydrogens is 208 g/mol. The Labute approximate surface area is 91.5 Å². The Bertz CT molecular complexity index is 511. The molecule has 0 aliphatic rings. The van der Waals surface area contributed by atoms with Gasteiger partial charge in [0.05, 0.1) is 6.42 Å². The SMILES string of the molecule is O=C(O)C/C=C/c1csc2ccccc12. The lowest BCUT2D eigenvalue weighted by Gasteiger charge is -1.90. The highest BCUT2D eigenvalue weighted by Crippen LogP contribution is 2.26. The molecule has 0 aliphatic heterocycles. The predicted molar refractivity (Wildman–Crippen MR) is 63.1 cm³/mol. The molecule has 0 spiro atoms. The summed E-state index contributed by atoms with van der Waals surface area (Å²) < 4.78 is 1.23. The van der Waals surface area contributed by atoms with E-state index in [0.717, 1.165) is 5.56 Å². The van der Waals surface area contributed by atoms with Gasteiger partial charge in [-0.3, -0.25) is 4.79 Å². The average molecular weight is 218 g/mol. The molecule has 0 radical (unpaired) electrons. The van der Waals surface area contributed by atoms with E-state index in [1.807, 2.05) is 29.7 Å². The lowest BCUT2D eigenvalue weighted by atomic mass is 10.1. The summed E-state index contributed by atoms with van der Waals surface area (Å²) in [6.07, 6.45) is 3.62. The predicted octanol–water partition coefficient (Wildman–Crippen LogP) is 3.39. The van der Waals surface area contributed by atoms with Crippen LogP contribution in [-0.4, -0.2) is 11.1 Å². The van der Waals surface area contributed by atoms with Crippen LogP contribution < -0.4 is 0 Å². The number of carbonyl (C=O) groups is 1. The van der Waals surface area contributed by atoms with E-state index in [2.05, 4.69) is 6.07 Å². The quantitative estimate of drug-likeness (QED) is 0.857. The van der Waals surface area contributed by atoms with E-state index in [9.17, 15) is 4.79 Å². The van der Waals surface area contributed by atoms with Crippen LogP contribution in [-0.2, 0) is 4.79 Å². The summed E-state index contributed by atoms with van der Waals surface area (Å²) >= 11 is 1.67. The number of carboxylic acids is 1. The number of aliphatic carboxylic acids is 1. The van der Waals surface area contributed by atoms with Crippen molar-refractivity contribution in [2.24, 2.45) is 0 Å². The summed E-state index contributed by atoms with van der Waals surface area (Å²) in [5, 5.41) is 11.7. The number of fused-ring (bicyclic) bond motifs is 1. The number of rotatable bonds is 3. The van der Waals surface area contributed by atoms with Crippen LogP contribution in [0.25, 0.3) is 16.2 Å². The van der Waals surface area contributed by atoms with Gasteiger partial charge in [0, 0.05) is 4.70 Å². The van der Waals surface area contributed by atoms with Crippen molar-refractivity contribution in [1.82, 2.24) is 0 Å². The van der Waals surface area contributed by atoms with Crippen molar-refractivity contribution in [3.63, 3.8) is 0 Å². The van der Waals surface area contributed by atoms with Gasteiger partial charge in [-0.2, -0.15) is 0 Å². The number of hydrogen-bond acceptors (Lipinski definition) is 2. The van der Waals surface area contributed by atoms with E-state index in [1.165, 1.54) is 10.1 Å². The number of thiophene rings is 1. The van der Waals surface area contributed by atoms with Crippen molar-refractivity contribution in [2.75, 3.05) is 0 Å². The minimum atomic E-state index is -0.800. The molecule has 0 fully saturated rings. The van der Waals surface area contributed by atoms with Crippen molar-refractivity contribution in [1.29, 1.82) is 0 Å². The molecule has 3 heteroatoms. The minimum Gasteiger partial charge on any atom is -0.481 e. The van der Waals surface area contributed by atoms with Gasteiger partial charge in [-0.1, -0.05) is 30.4 Å². The van der Waals surface area contributed by atoms with Crippen LogP contribution in [0.1, 0.15) is 12.0 Å². The van der Waals surface area contributed by atoms with E-state index in [0.29, 0.717) is 0 Å². The van der Waals surface area contributed by atoms with Gasteiger partial charge >= 0.3 is 5.97 Å². The van der Waals surface area contributed by atoms with Gasteiger partial charge in [0.15, 0.2) is 0 Å². The summed E-state index contributed by atoms with van der Waals surface area (Å²) in [6, 6.07) is 8.11. The van der Waals surface area contributed by atoms with E-state index in [4.69, 9.17) is 5.11 Å². The molecule has 1 heterocycles. The van der Waals surface area contributed by atoms with E-state index in [-0.39, 0.29) is 6.42 Å². The maximum atomic E-state index is 10.3. The van der Waals surface area contributed by atoms with Gasteiger partial charge in [0.2, 0.25) is 0 Å². The first kappa shape index (κ1) is 9.93. The van der Waals surface area contributed by atoms with Crippen molar-refractivity contribution in [3.8, 4) is 0 Å². The fourth-order valence-corrected chi connectivity index (χ4v) is 2.34. The summed E-state index contributed by atoms with van der Waals surface area (Å²) in [4.78, 5) is 10.3. The van der Waals surface area contributed by atoms with Crippen LogP contribution in [0, 0.1) is 0 Å². The Hall–Kier alpha value is -1.61. The van der Waals surface area contributed by atoms with Gasteiger partial charge in [0.1, 0.15) is 0 Å². The molecule has 76 valence electrons. The number of benzene rings is 1. The van der Waals surface area contributed by atoms with E-state index in [1.54, 1.807) is 17.4 Å². The first-order valence-corrected chi connectivity index (χ1v) is 5.50. The van der Waals surface area contributed by atoms with Crippen LogP contribution in [0.3, 0.4) is 0 Å². The summed E-state index contributed by atoms with van der Waals surface area (Å²) in [5.74, 6) is -0.800. The molecule has 2 rings (SSSR count). The molecule has 0 saturated heterocycles. The summed E-state index contributed by atoms with van der Waals surface area (Å²) in [6.45, 7) is 0. The number of hydrogen-bond donors (Lipinski definition) is 1. The minimum absolute atomic E-state index is 0.0736. The summed E-state index contributed by atoms with van der Waals surface area (Å²) in [7, 11) is 0. The molecule has 1 aromatic carbocycles. The fraction of sp³-hybridized carbons (Fsp3) is 0.0833. The van der Waals surface area contributed by atoms with Gasteiger partial charge in [-0.05, 0) is 22.4 Å². The lowest BCUT2D eigenvalue weighted by Crippen LogP contribution is -1.89. The summed E-state index contributed by atoms with van der Waals surface area (Å²) in [5.41, 5.74) is 1.09. The second-order valence-electron chi connectivity index (χ2n) is 3.19. The third kappa shape index (κ3) is 2.25. The van der Waals surface area contributed by atoms with Crippen LogP contribution in [0.5, 0.6) is 0 Å². The molecule has 2 aromatic rings. The fourth-order valence-electron chi connectivity index (χ4n) is 1.41. The Balaban J connectivity index is 2.28. The van der Waals surface area contributed by atoms with Gasteiger partial charge in [0.25, 0.3) is 0 Å². The Kier molecular flexibility index (Phi) is 2.83. The van der Waals surface area contributed by atoms with E-state index >= 15 is 0 Å². The molecule has 2 nitrogen and oxygen atoms in total. The van der Waals surface area contributed by atoms with Crippen molar-refractivity contribution >= 4 is 33.5 Å².